The van der Waals surface area contributed by atoms with Crippen LogP contribution in [0.4, 0.5) is 4.39 Å². The molecule has 0 bridgehead atoms. The summed E-state index contributed by atoms with van der Waals surface area (Å²) >= 11 is 0. The van der Waals surface area contributed by atoms with Crippen molar-refractivity contribution >= 4 is 0 Å². The Hall–Kier alpha value is -1.09. The molecule has 3 heteroatoms. The van der Waals surface area contributed by atoms with Gasteiger partial charge in [0, 0.05) is 12.5 Å². The Balaban J connectivity index is 2.08. The summed E-state index contributed by atoms with van der Waals surface area (Å²) in [6.07, 6.45) is 3.76. The van der Waals surface area contributed by atoms with E-state index in [-0.39, 0.29) is 12.7 Å². The molecule has 1 atom stereocenters. The largest absolute Gasteiger partial charge is 0.493 e. The topological polar surface area (TPSA) is 35.2 Å². The van der Waals surface area contributed by atoms with Crippen molar-refractivity contribution in [3.8, 4) is 5.75 Å². The van der Waals surface area contributed by atoms with Crippen molar-refractivity contribution in [1.29, 1.82) is 0 Å². The van der Waals surface area contributed by atoms with E-state index in [1.165, 1.54) is 11.1 Å². The molecule has 0 spiro atoms. The maximum atomic E-state index is 11.9. The van der Waals surface area contributed by atoms with Gasteiger partial charge in [0.2, 0.25) is 0 Å². The van der Waals surface area contributed by atoms with Crippen LogP contribution in [-0.2, 0) is 6.42 Å². The van der Waals surface area contributed by atoms with E-state index in [0.717, 1.165) is 25.0 Å². The number of rotatable bonds is 4. The third-order valence-corrected chi connectivity index (χ3v) is 3.02. The zero-order chi connectivity index (χ0) is 11.4. The predicted molar refractivity (Wildman–Crippen MR) is 62.4 cm³/mol. The number of hydrogen-bond donors (Lipinski definition) is 1. The van der Waals surface area contributed by atoms with Crippen molar-refractivity contribution in [2.75, 3.05) is 13.3 Å². The van der Waals surface area contributed by atoms with Crippen molar-refractivity contribution in [3.63, 3.8) is 0 Å². The highest BCUT2D eigenvalue weighted by Crippen LogP contribution is 2.30. The van der Waals surface area contributed by atoms with Crippen molar-refractivity contribution in [3.05, 3.63) is 29.3 Å². The lowest BCUT2D eigenvalue weighted by atomic mass is 9.88. The van der Waals surface area contributed by atoms with Crippen LogP contribution in [0.15, 0.2) is 18.2 Å². The molecule has 0 amide bonds. The third-order valence-electron chi connectivity index (χ3n) is 3.02. The maximum Gasteiger partial charge on any atom is 0.119 e. The van der Waals surface area contributed by atoms with Gasteiger partial charge < -0.3 is 10.5 Å². The number of fused-ring (bicyclic) bond motifs is 1. The van der Waals surface area contributed by atoms with Crippen molar-refractivity contribution in [2.24, 2.45) is 5.73 Å². The molecular formula is C13H18FNO. The molecule has 0 unspecified atom stereocenters. The Morgan fingerprint density at radius 1 is 1.44 bits per heavy atom. The summed E-state index contributed by atoms with van der Waals surface area (Å²) in [4.78, 5) is 0. The van der Waals surface area contributed by atoms with Crippen LogP contribution in [0.25, 0.3) is 0 Å². The van der Waals surface area contributed by atoms with E-state index in [2.05, 4.69) is 6.07 Å². The fourth-order valence-corrected chi connectivity index (χ4v) is 2.15. The molecule has 1 aromatic rings. The zero-order valence-electron chi connectivity index (χ0n) is 9.42. The number of alkyl halides is 1. The second-order valence-electron chi connectivity index (χ2n) is 4.25. The minimum absolute atomic E-state index is 0.133. The fourth-order valence-electron chi connectivity index (χ4n) is 2.15. The molecule has 1 aromatic carbocycles. The minimum atomic E-state index is -0.329. The Bertz CT molecular complexity index is 354. The lowest BCUT2D eigenvalue weighted by molar-refractivity contribution is 0.289. The van der Waals surface area contributed by atoms with Gasteiger partial charge in [0.1, 0.15) is 5.75 Å². The van der Waals surface area contributed by atoms with E-state index in [9.17, 15) is 4.39 Å². The predicted octanol–water partition coefficient (Wildman–Crippen LogP) is 2.76. The smallest absolute Gasteiger partial charge is 0.119 e. The Morgan fingerprint density at radius 3 is 3.12 bits per heavy atom. The standard InChI is InChI=1S/C13H18FNO/c14-7-2-8-16-11-6-5-10-3-1-4-13(15)12(10)9-11/h5-6,9,13H,1-4,7-8,15H2/t13-/m1/s1. The van der Waals surface area contributed by atoms with Crippen LogP contribution >= 0.6 is 0 Å². The van der Waals surface area contributed by atoms with E-state index < -0.39 is 0 Å². The SMILES string of the molecule is N[C@@H]1CCCc2ccc(OCCCF)cc21. The van der Waals surface area contributed by atoms with Crippen LogP contribution in [-0.4, -0.2) is 13.3 Å². The third kappa shape index (κ3) is 2.53. The van der Waals surface area contributed by atoms with Crippen LogP contribution in [0.2, 0.25) is 0 Å². The van der Waals surface area contributed by atoms with Crippen molar-refractivity contribution in [1.82, 2.24) is 0 Å². The van der Waals surface area contributed by atoms with Gasteiger partial charge >= 0.3 is 0 Å². The van der Waals surface area contributed by atoms with E-state index in [4.69, 9.17) is 10.5 Å². The van der Waals surface area contributed by atoms with Crippen molar-refractivity contribution < 1.29 is 9.13 Å². The highest BCUT2D eigenvalue weighted by Gasteiger charge is 2.16. The highest BCUT2D eigenvalue weighted by molar-refractivity contribution is 5.39. The van der Waals surface area contributed by atoms with Crippen LogP contribution in [0.5, 0.6) is 5.75 Å². The van der Waals surface area contributed by atoms with Crippen molar-refractivity contribution in [2.45, 2.75) is 31.7 Å². The van der Waals surface area contributed by atoms with Gasteiger partial charge in [0.15, 0.2) is 0 Å². The highest BCUT2D eigenvalue weighted by atomic mass is 19.1. The lowest BCUT2D eigenvalue weighted by Crippen LogP contribution is -2.17. The molecular weight excluding hydrogens is 205 g/mol. The first kappa shape index (κ1) is 11.4. The van der Waals surface area contributed by atoms with Gasteiger partial charge in [0.25, 0.3) is 0 Å². The first-order chi connectivity index (χ1) is 7.81. The second-order valence-corrected chi connectivity index (χ2v) is 4.25. The number of aryl methyl sites for hydroxylation is 1. The molecule has 1 aliphatic carbocycles. The van der Waals surface area contributed by atoms with E-state index >= 15 is 0 Å². The summed E-state index contributed by atoms with van der Waals surface area (Å²) in [7, 11) is 0. The monoisotopic (exact) mass is 223 g/mol. The molecule has 0 aliphatic heterocycles. The number of nitrogens with two attached hydrogens (primary N) is 1. The van der Waals surface area contributed by atoms with Gasteiger partial charge in [-0.05, 0) is 42.5 Å². The molecule has 2 nitrogen and oxygen atoms in total. The van der Waals surface area contributed by atoms with Gasteiger partial charge in [-0.15, -0.1) is 0 Å². The van der Waals surface area contributed by atoms with Crippen LogP contribution in [0.1, 0.15) is 36.4 Å². The van der Waals surface area contributed by atoms with E-state index in [1.807, 2.05) is 12.1 Å². The molecule has 2 N–H and O–H groups in total. The van der Waals surface area contributed by atoms with Gasteiger partial charge in [-0.1, -0.05) is 6.07 Å². The number of benzene rings is 1. The Kier molecular flexibility index (Phi) is 3.78. The molecule has 0 saturated carbocycles. The summed E-state index contributed by atoms with van der Waals surface area (Å²) in [6, 6.07) is 6.18. The molecule has 0 saturated heterocycles. The molecule has 0 aromatic heterocycles. The maximum absolute atomic E-state index is 11.9. The number of halogens is 1. The van der Waals surface area contributed by atoms with Crippen LogP contribution < -0.4 is 10.5 Å². The molecule has 2 rings (SSSR count). The molecule has 1 aliphatic rings. The quantitative estimate of drug-likeness (QED) is 0.796. The number of hydrogen-bond acceptors (Lipinski definition) is 2. The molecule has 16 heavy (non-hydrogen) atoms. The van der Waals surface area contributed by atoms with Gasteiger partial charge in [-0.3, -0.25) is 4.39 Å². The Morgan fingerprint density at radius 2 is 2.31 bits per heavy atom. The normalized spacial score (nSPS) is 19.2. The first-order valence-electron chi connectivity index (χ1n) is 5.88. The first-order valence-corrected chi connectivity index (χ1v) is 5.88. The minimum Gasteiger partial charge on any atom is -0.493 e. The fraction of sp³-hybridized carbons (Fsp3) is 0.538. The van der Waals surface area contributed by atoms with Gasteiger partial charge in [-0.2, -0.15) is 0 Å². The summed E-state index contributed by atoms with van der Waals surface area (Å²) in [5, 5.41) is 0. The lowest BCUT2D eigenvalue weighted by Gasteiger charge is -2.22. The summed E-state index contributed by atoms with van der Waals surface area (Å²) < 4.78 is 17.4. The average molecular weight is 223 g/mol. The zero-order valence-corrected chi connectivity index (χ0v) is 9.42. The number of ether oxygens (including phenoxy) is 1. The average Bonchev–Trinajstić information content (AvgIpc) is 2.30. The van der Waals surface area contributed by atoms with E-state index in [0.29, 0.717) is 13.0 Å². The van der Waals surface area contributed by atoms with Gasteiger partial charge in [0.05, 0.1) is 13.3 Å². The Labute approximate surface area is 95.6 Å². The molecule has 0 fully saturated rings. The summed E-state index contributed by atoms with van der Waals surface area (Å²) in [5.41, 5.74) is 8.58. The summed E-state index contributed by atoms with van der Waals surface area (Å²) in [6.45, 7) is 0.106. The molecule has 0 heterocycles. The molecule has 88 valence electrons. The molecule has 0 radical (unpaired) electrons. The second kappa shape index (κ2) is 5.30. The van der Waals surface area contributed by atoms with Gasteiger partial charge in [-0.25, -0.2) is 0 Å². The van der Waals surface area contributed by atoms with E-state index in [1.54, 1.807) is 0 Å². The summed E-state index contributed by atoms with van der Waals surface area (Å²) in [5.74, 6) is 0.810. The van der Waals surface area contributed by atoms with Crippen LogP contribution in [0, 0.1) is 0 Å². The van der Waals surface area contributed by atoms with Crippen LogP contribution in [0.3, 0.4) is 0 Å².